The Balaban J connectivity index is 1.69. The largest absolute Gasteiger partial charge is 0.497 e. The lowest BCUT2D eigenvalue weighted by Gasteiger charge is -2.02. The molecule has 0 aliphatic heterocycles. The molecule has 0 bridgehead atoms. The zero-order valence-corrected chi connectivity index (χ0v) is 12.6. The monoisotopic (exact) mass is 316 g/mol. The van der Waals surface area contributed by atoms with Gasteiger partial charge in [-0.2, -0.15) is 4.98 Å². The Morgan fingerprint density at radius 2 is 1.91 bits per heavy atom. The normalized spacial score (nSPS) is 10.5. The molecule has 0 saturated heterocycles. The highest BCUT2D eigenvalue weighted by Crippen LogP contribution is 2.22. The van der Waals surface area contributed by atoms with Gasteiger partial charge in [-0.05, 0) is 36.4 Å². The number of halogens is 1. The molecule has 0 fully saturated rings. The molecule has 112 valence electrons. The Morgan fingerprint density at radius 3 is 2.68 bits per heavy atom. The molecular formula is C16H13ClN2O3. The molecule has 5 nitrogen and oxygen atoms in total. The molecule has 0 radical (unpaired) electrons. The van der Waals surface area contributed by atoms with Gasteiger partial charge in [0, 0.05) is 10.6 Å². The molecular weight excluding hydrogens is 304 g/mol. The van der Waals surface area contributed by atoms with Gasteiger partial charge < -0.3 is 14.0 Å². The van der Waals surface area contributed by atoms with Crippen molar-refractivity contribution in [2.45, 2.75) is 6.61 Å². The van der Waals surface area contributed by atoms with Crippen molar-refractivity contribution in [3.63, 3.8) is 0 Å². The van der Waals surface area contributed by atoms with Crippen LogP contribution >= 0.6 is 11.6 Å². The number of rotatable bonds is 5. The van der Waals surface area contributed by atoms with Crippen molar-refractivity contribution in [1.29, 1.82) is 0 Å². The number of hydrogen-bond acceptors (Lipinski definition) is 5. The predicted molar refractivity (Wildman–Crippen MR) is 82.1 cm³/mol. The fourth-order valence-electron chi connectivity index (χ4n) is 1.87. The zero-order chi connectivity index (χ0) is 15.4. The first-order valence-electron chi connectivity index (χ1n) is 6.60. The van der Waals surface area contributed by atoms with Gasteiger partial charge in [0.25, 0.3) is 5.89 Å². The molecule has 3 rings (SSSR count). The van der Waals surface area contributed by atoms with Crippen LogP contribution in [-0.4, -0.2) is 17.3 Å². The SMILES string of the molecule is COc1cccc(-c2noc(COc3ccc(Cl)cc3)n2)c1. The molecule has 0 spiro atoms. The fourth-order valence-corrected chi connectivity index (χ4v) is 1.99. The van der Waals surface area contributed by atoms with Crippen LogP contribution in [0.3, 0.4) is 0 Å². The van der Waals surface area contributed by atoms with Gasteiger partial charge in [0.15, 0.2) is 6.61 Å². The number of hydrogen-bond donors (Lipinski definition) is 0. The van der Waals surface area contributed by atoms with Crippen LogP contribution in [0.2, 0.25) is 5.02 Å². The van der Waals surface area contributed by atoms with E-state index in [-0.39, 0.29) is 6.61 Å². The highest BCUT2D eigenvalue weighted by molar-refractivity contribution is 6.30. The standard InChI is InChI=1S/C16H13ClN2O3/c1-20-14-4-2-3-11(9-14)16-18-15(22-19-16)10-21-13-7-5-12(17)6-8-13/h2-9H,10H2,1H3. The first-order valence-corrected chi connectivity index (χ1v) is 6.98. The molecule has 1 aromatic heterocycles. The summed E-state index contributed by atoms with van der Waals surface area (Å²) >= 11 is 5.82. The Labute approximate surface area is 132 Å². The molecule has 0 amide bonds. The highest BCUT2D eigenvalue weighted by atomic mass is 35.5. The van der Waals surface area contributed by atoms with Crippen LogP contribution in [0.1, 0.15) is 5.89 Å². The van der Waals surface area contributed by atoms with Gasteiger partial charge >= 0.3 is 0 Å². The summed E-state index contributed by atoms with van der Waals surface area (Å²) in [6, 6.07) is 14.5. The molecule has 0 aliphatic rings. The maximum atomic E-state index is 5.82. The summed E-state index contributed by atoms with van der Waals surface area (Å²) in [5, 5.41) is 4.60. The zero-order valence-electron chi connectivity index (χ0n) is 11.8. The van der Waals surface area contributed by atoms with Crippen molar-refractivity contribution >= 4 is 11.6 Å². The molecule has 0 N–H and O–H groups in total. The van der Waals surface area contributed by atoms with Crippen LogP contribution in [0, 0.1) is 0 Å². The minimum Gasteiger partial charge on any atom is -0.497 e. The number of aromatic nitrogens is 2. The van der Waals surface area contributed by atoms with Gasteiger partial charge in [-0.25, -0.2) is 0 Å². The number of benzene rings is 2. The van der Waals surface area contributed by atoms with Gasteiger partial charge in [-0.15, -0.1) is 0 Å². The van der Waals surface area contributed by atoms with E-state index in [1.165, 1.54) is 0 Å². The minimum atomic E-state index is 0.193. The van der Waals surface area contributed by atoms with E-state index >= 15 is 0 Å². The molecule has 3 aromatic rings. The predicted octanol–water partition coefficient (Wildman–Crippen LogP) is 3.98. The molecule has 6 heteroatoms. The van der Waals surface area contributed by atoms with Crippen molar-refractivity contribution in [3.8, 4) is 22.9 Å². The van der Waals surface area contributed by atoms with E-state index in [0.29, 0.717) is 22.5 Å². The van der Waals surface area contributed by atoms with Crippen molar-refractivity contribution in [1.82, 2.24) is 10.1 Å². The first kappa shape index (κ1) is 14.4. The van der Waals surface area contributed by atoms with Crippen LogP contribution in [0.5, 0.6) is 11.5 Å². The lowest BCUT2D eigenvalue weighted by atomic mass is 10.2. The van der Waals surface area contributed by atoms with Crippen LogP contribution in [0.25, 0.3) is 11.4 Å². The topological polar surface area (TPSA) is 57.4 Å². The fraction of sp³-hybridized carbons (Fsp3) is 0.125. The van der Waals surface area contributed by atoms with Gasteiger partial charge in [0.2, 0.25) is 5.82 Å². The Hall–Kier alpha value is -2.53. The summed E-state index contributed by atoms with van der Waals surface area (Å²) in [6.07, 6.45) is 0. The van der Waals surface area contributed by atoms with Crippen LogP contribution in [-0.2, 0) is 6.61 Å². The third-order valence-electron chi connectivity index (χ3n) is 2.97. The average Bonchev–Trinajstić information content (AvgIpc) is 3.03. The van der Waals surface area contributed by atoms with E-state index in [0.717, 1.165) is 11.3 Å². The number of ether oxygens (including phenoxy) is 2. The maximum Gasteiger partial charge on any atom is 0.264 e. The Bertz CT molecular complexity index is 756. The molecule has 0 atom stereocenters. The molecule has 0 aliphatic carbocycles. The summed E-state index contributed by atoms with van der Waals surface area (Å²) in [6.45, 7) is 0.193. The lowest BCUT2D eigenvalue weighted by Crippen LogP contribution is -1.95. The van der Waals surface area contributed by atoms with Crippen LogP contribution in [0.4, 0.5) is 0 Å². The number of methoxy groups -OCH3 is 1. The van der Waals surface area contributed by atoms with Gasteiger partial charge in [0.1, 0.15) is 11.5 Å². The van der Waals surface area contributed by atoms with E-state index in [1.807, 2.05) is 24.3 Å². The molecule has 1 heterocycles. The van der Waals surface area contributed by atoms with Gasteiger partial charge in [-0.3, -0.25) is 0 Å². The second-order valence-corrected chi connectivity index (χ2v) is 4.92. The van der Waals surface area contributed by atoms with Gasteiger partial charge in [0.05, 0.1) is 7.11 Å². The van der Waals surface area contributed by atoms with Crippen molar-refractivity contribution in [3.05, 3.63) is 59.4 Å². The number of nitrogens with zero attached hydrogens (tertiary/aromatic N) is 2. The van der Waals surface area contributed by atoms with Gasteiger partial charge in [-0.1, -0.05) is 28.9 Å². The first-order chi connectivity index (χ1) is 10.7. The van der Waals surface area contributed by atoms with Crippen LogP contribution < -0.4 is 9.47 Å². The smallest absolute Gasteiger partial charge is 0.264 e. The summed E-state index contributed by atoms with van der Waals surface area (Å²) in [4.78, 5) is 4.30. The Morgan fingerprint density at radius 1 is 1.09 bits per heavy atom. The summed E-state index contributed by atoms with van der Waals surface area (Å²) in [5.41, 5.74) is 0.820. The average molecular weight is 317 g/mol. The summed E-state index contributed by atoms with van der Waals surface area (Å²) < 4.78 is 15.9. The van der Waals surface area contributed by atoms with Crippen molar-refractivity contribution < 1.29 is 14.0 Å². The lowest BCUT2D eigenvalue weighted by molar-refractivity contribution is 0.243. The molecule has 22 heavy (non-hydrogen) atoms. The second-order valence-electron chi connectivity index (χ2n) is 4.49. The van der Waals surface area contributed by atoms with Crippen molar-refractivity contribution in [2.75, 3.05) is 7.11 Å². The van der Waals surface area contributed by atoms with E-state index in [4.69, 9.17) is 25.6 Å². The van der Waals surface area contributed by atoms with E-state index in [2.05, 4.69) is 10.1 Å². The molecule has 2 aromatic carbocycles. The maximum absolute atomic E-state index is 5.82. The van der Waals surface area contributed by atoms with Crippen molar-refractivity contribution in [2.24, 2.45) is 0 Å². The van der Waals surface area contributed by atoms with Crippen LogP contribution in [0.15, 0.2) is 53.1 Å². The van der Waals surface area contributed by atoms with E-state index in [9.17, 15) is 0 Å². The quantitative estimate of drug-likeness (QED) is 0.712. The van der Waals surface area contributed by atoms with E-state index in [1.54, 1.807) is 31.4 Å². The minimum absolute atomic E-state index is 0.193. The summed E-state index contributed by atoms with van der Waals surface area (Å²) in [7, 11) is 1.61. The molecule has 0 unspecified atom stereocenters. The molecule has 0 saturated carbocycles. The third kappa shape index (κ3) is 3.38. The third-order valence-corrected chi connectivity index (χ3v) is 3.22. The Kier molecular flexibility index (Phi) is 4.25. The summed E-state index contributed by atoms with van der Waals surface area (Å²) in [5.74, 6) is 2.31. The highest BCUT2D eigenvalue weighted by Gasteiger charge is 2.10. The van der Waals surface area contributed by atoms with E-state index < -0.39 is 0 Å². The second kappa shape index (κ2) is 6.49.